The van der Waals surface area contributed by atoms with Crippen molar-refractivity contribution in [3.8, 4) is 0 Å². The zero-order chi connectivity index (χ0) is 10.1. The number of hydrogen-bond donors (Lipinski definition) is 1. The summed E-state index contributed by atoms with van der Waals surface area (Å²) in [6, 6.07) is 5.73. The summed E-state index contributed by atoms with van der Waals surface area (Å²) in [5, 5.41) is 0.707. The Kier molecular flexibility index (Phi) is 6.31. The standard InChI is InChI=1S/C11H15ClN2.2ClH/c1-8-4-5-14(7-8)11-3-2-9(12)6-10(11)13;;/h2-3,6,8H,4-5,7,13H2,1H3;2*1H. The normalized spacial score (nSPS) is 18.9. The van der Waals surface area contributed by atoms with Crippen LogP contribution in [0.25, 0.3) is 0 Å². The summed E-state index contributed by atoms with van der Waals surface area (Å²) in [4.78, 5) is 2.33. The first-order chi connectivity index (χ1) is 6.66. The van der Waals surface area contributed by atoms with Crippen LogP contribution in [0, 0.1) is 5.92 Å². The van der Waals surface area contributed by atoms with E-state index in [0.717, 1.165) is 30.4 Å². The molecule has 1 aliphatic rings. The number of nitrogens with zero attached hydrogens (tertiary/aromatic N) is 1. The molecule has 1 aliphatic heterocycles. The number of hydrogen-bond acceptors (Lipinski definition) is 2. The second kappa shape index (κ2) is 6.43. The summed E-state index contributed by atoms with van der Waals surface area (Å²) < 4.78 is 0. The largest absolute Gasteiger partial charge is 0.397 e. The summed E-state index contributed by atoms with van der Waals surface area (Å²) in [6.07, 6.45) is 1.25. The number of nitrogens with two attached hydrogens (primary N) is 1. The van der Waals surface area contributed by atoms with Crippen LogP contribution in [0.3, 0.4) is 0 Å². The smallest absolute Gasteiger partial charge is 0.0601 e. The highest BCUT2D eigenvalue weighted by Gasteiger charge is 2.20. The van der Waals surface area contributed by atoms with Crippen LogP contribution in [-0.4, -0.2) is 13.1 Å². The molecule has 0 amide bonds. The fourth-order valence-electron chi connectivity index (χ4n) is 1.97. The van der Waals surface area contributed by atoms with Gasteiger partial charge in [0.1, 0.15) is 0 Å². The van der Waals surface area contributed by atoms with Crippen molar-refractivity contribution in [2.24, 2.45) is 5.92 Å². The van der Waals surface area contributed by atoms with Crippen LogP contribution in [0.2, 0.25) is 5.02 Å². The van der Waals surface area contributed by atoms with Crippen molar-refractivity contribution in [2.75, 3.05) is 23.7 Å². The molecular weight excluding hydrogens is 266 g/mol. The molecule has 1 fully saturated rings. The van der Waals surface area contributed by atoms with Gasteiger partial charge in [0, 0.05) is 18.1 Å². The average Bonchev–Trinajstić information content (AvgIpc) is 2.51. The van der Waals surface area contributed by atoms with Gasteiger partial charge >= 0.3 is 0 Å². The van der Waals surface area contributed by atoms with Gasteiger partial charge in [-0.1, -0.05) is 18.5 Å². The predicted octanol–water partition coefficient (Wildman–Crippen LogP) is 3.61. The molecule has 1 atom stereocenters. The van der Waals surface area contributed by atoms with Crippen molar-refractivity contribution >= 4 is 47.8 Å². The SMILES string of the molecule is CC1CCN(c2ccc(Cl)cc2N)C1.Cl.Cl. The highest BCUT2D eigenvalue weighted by Crippen LogP contribution is 2.30. The van der Waals surface area contributed by atoms with E-state index in [4.69, 9.17) is 17.3 Å². The lowest BCUT2D eigenvalue weighted by Gasteiger charge is -2.20. The first-order valence-corrected chi connectivity index (χ1v) is 5.34. The van der Waals surface area contributed by atoms with Gasteiger partial charge in [0.2, 0.25) is 0 Å². The lowest BCUT2D eigenvalue weighted by atomic mass is 10.2. The molecule has 92 valence electrons. The van der Waals surface area contributed by atoms with Crippen LogP contribution in [0.5, 0.6) is 0 Å². The van der Waals surface area contributed by atoms with Crippen LogP contribution in [0.4, 0.5) is 11.4 Å². The van der Waals surface area contributed by atoms with Gasteiger partial charge in [-0.15, -0.1) is 24.8 Å². The van der Waals surface area contributed by atoms with E-state index >= 15 is 0 Å². The van der Waals surface area contributed by atoms with E-state index in [1.54, 1.807) is 0 Å². The molecule has 1 aromatic carbocycles. The van der Waals surface area contributed by atoms with Gasteiger partial charge < -0.3 is 10.6 Å². The van der Waals surface area contributed by atoms with Crippen LogP contribution in [0.1, 0.15) is 13.3 Å². The maximum absolute atomic E-state index is 5.92. The van der Waals surface area contributed by atoms with Gasteiger partial charge in [-0.25, -0.2) is 0 Å². The zero-order valence-corrected chi connectivity index (χ0v) is 11.5. The van der Waals surface area contributed by atoms with Gasteiger partial charge in [-0.3, -0.25) is 0 Å². The predicted molar refractivity (Wildman–Crippen MR) is 76.4 cm³/mol. The van der Waals surface area contributed by atoms with Crippen LogP contribution in [-0.2, 0) is 0 Å². The Morgan fingerprint density at radius 3 is 2.56 bits per heavy atom. The van der Waals surface area contributed by atoms with Gasteiger partial charge in [0.25, 0.3) is 0 Å². The van der Waals surface area contributed by atoms with Crippen molar-refractivity contribution in [3.63, 3.8) is 0 Å². The molecule has 1 unspecified atom stereocenters. The summed E-state index contributed by atoms with van der Waals surface area (Å²) in [5.74, 6) is 0.769. The van der Waals surface area contributed by atoms with E-state index in [1.807, 2.05) is 18.2 Å². The molecule has 0 radical (unpaired) electrons. The van der Waals surface area contributed by atoms with Gasteiger partial charge in [-0.05, 0) is 30.5 Å². The summed E-state index contributed by atoms with van der Waals surface area (Å²) in [6.45, 7) is 4.48. The van der Waals surface area contributed by atoms with Crippen LogP contribution < -0.4 is 10.6 Å². The van der Waals surface area contributed by atoms with Gasteiger partial charge in [-0.2, -0.15) is 0 Å². The molecule has 1 aromatic rings. The van der Waals surface area contributed by atoms with Crippen molar-refractivity contribution in [1.29, 1.82) is 0 Å². The lowest BCUT2D eigenvalue weighted by Crippen LogP contribution is -2.20. The molecule has 2 nitrogen and oxygen atoms in total. The average molecular weight is 284 g/mol. The fourth-order valence-corrected chi connectivity index (χ4v) is 2.15. The second-order valence-electron chi connectivity index (χ2n) is 4.04. The molecule has 0 aromatic heterocycles. The Morgan fingerprint density at radius 1 is 1.38 bits per heavy atom. The minimum absolute atomic E-state index is 0. The molecule has 1 heterocycles. The summed E-state index contributed by atoms with van der Waals surface area (Å²) in [7, 11) is 0. The maximum atomic E-state index is 5.92. The number of anilines is 2. The minimum atomic E-state index is 0. The van der Waals surface area contributed by atoms with E-state index in [9.17, 15) is 0 Å². The molecule has 2 N–H and O–H groups in total. The number of halogens is 3. The third kappa shape index (κ3) is 3.34. The summed E-state index contributed by atoms with van der Waals surface area (Å²) >= 11 is 5.85. The molecular formula is C11H17Cl3N2. The van der Waals surface area contributed by atoms with Crippen molar-refractivity contribution in [1.82, 2.24) is 0 Å². The Balaban J connectivity index is 0.00000112. The molecule has 0 spiro atoms. The molecule has 0 saturated carbocycles. The molecule has 0 bridgehead atoms. The molecule has 5 heteroatoms. The van der Waals surface area contributed by atoms with Crippen LogP contribution in [0.15, 0.2) is 18.2 Å². The van der Waals surface area contributed by atoms with Crippen molar-refractivity contribution in [2.45, 2.75) is 13.3 Å². The van der Waals surface area contributed by atoms with Gasteiger partial charge in [0.15, 0.2) is 0 Å². The zero-order valence-electron chi connectivity index (χ0n) is 9.15. The van der Waals surface area contributed by atoms with Crippen LogP contribution >= 0.6 is 36.4 Å². The molecule has 0 aliphatic carbocycles. The van der Waals surface area contributed by atoms with Crippen molar-refractivity contribution < 1.29 is 0 Å². The highest BCUT2D eigenvalue weighted by molar-refractivity contribution is 6.31. The monoisotopic (exact) mass is 282 g/mol. The van der Waals surface area contributed by atoms with E-state index < -0.39 is 0 Å². The van der Waals surface area contributed by atoms with Gasteiger partial charge in [0.05, 0.1) is 11.4 Å². The molecule has 2 rings (SSSR count). The van der Waals surface area contributed by atoms with E-state index in [1.165, 1.54) is 6.42 Å². The Hall–Kier alpha value is -0.310. The van der Waals surface area contributed by atoms with Crippen molar-refractivity contribution in [3.05, 3.63) is 23.2 Å². The Bertz CT molecular complexity index is 344. The first kappa shape index (κ1) is 15.7. The second-order valence-corrected chi connectivity index (χ2v) is 4.48. The quantitative estimate of drug-likeness (QED) is 0.798. The lowest BCUT2D eigenvalue weighted by molar-refractivity contribution is 0.659. The van der Waals surface area contributed by atoms with E-state index in [2.05, 4.69) is 11.8 Å². The topological polar surface area (TPSA) is 29.3 Å². The number of benzene rings is 1. The maximum Gasteiger partial charge on any atom is 0.0601 e. The Labute approximate surface area is 114 Å². The minimum Gasteiger partial charge on any atom is -0.397 e. The molecule has 1 saturated heterocycles. The first-order valence-electron chi connectivity index (χ1n) is 4.97. The van der Waals surface area contributed by atoms with E-state index in [0.29, 0.717) is 5.02 Å². The van der Waals surface area contributed by atoms with E-state index in [-0.39, 0.29) is 24.8 Å². The third-order valence-corrected chi connectivity index (χ3v) is 2.99. The highest BCUT2D eigenvalue weighted by atomic mass is 35.5. The fraction of sp³-hybridized carbons (Fsp3) is 0.455. The Morgan fingerprint density at radius 2 is 2.06 bits per heavy atom. The molecule has 16 heavy (non-hydrogen) atoms. The third-order valence-electron chi connectivity index (χ3n) is 2.75. The summed E-state index contributed by atoms with van der Waals surface area (Å²) in [5.41, 5.74) is 7.83. The number of rotatable bonds is 1. The number of nitrogen functional groups attached to an aromatic ring is 1.